The van der Waals surface area contributed by atoms with Gasteiger partial charge in [-0.2, -0.15) is 13.2 Å². The Morgan fingerprint density at radius 3 is 2.16 bits per heavy atom. The van der Waals surface area contributed by atoms with Gasteiger partial charge < -0.3 is 10.2 Å². The second kappa shape index (κ2) is 6.56. The monoisotopic (exact) mass is 281 g/mol. The Hall–Kier alpha value is -0.820. The fourth-order valence-corrected chi connectivity index (χ4v) is 2.24. The quantitative estimate of drug-likeness (QED) is 0.833. The van der Waals surface area contributed by atoms with Gasteiger partial charge in [-0.3, -0.25) is 9.69 Å². The van der Waals surface area contributed by atoms with E-state index in [0.29, 0.717) is 19.6 Å². The highest BCUT2D eigenvalue weighted by atomic mass is 19.4. The van der Waals surface area contributed by atoms with Crippen LogP contribution in [0.5, 0.6) is 0 Å². The summed E-state index contributed by atoms with van der Waals surface area (Å²) in [4.78, 5) is 15.0. The van der Waals surface area contributed by atoms with Crippen molar-refractivity contribution >= 4 is 5.91 Å². The number of alkyl halides is 3. The van der Waals surface area contributed by atoms with E-state index in [2.05, 4.69) is 5.32 Å². The van der Waals surface area contributed by atoms with Gasteiger partial charge in [-0.15, -0.1) is 0 Å². The van der Waals surface area contributed by atoms with Crippen LogP contribution in [0.1, 0.15) is 13.8 Å². The molecule has 0 bridgehead atoms. The van der Waals surface area contributed by atoms with Crippen LogP contribution in [-0.4, -0.2) is 67.7 Å². The van der Waals surface area contributed by atoms with Crippen LogP contribution in [0, 0.1) is 5.92 Å². The van der Waals surface area contributed by atoms with Gasteiger partial charge in [0.15, 0.2) is 0 Å². The van der Waals surface area contributed by atoms with E-state index in [1.54, 1.807) is 11.9 Å². The molecular formula is C12H22F3N3O. The number of carbonyl (C=O) groups is 1. The highest BCUT2D eigenvalue weighted by Crippen LogP contribution is 2.25. The fraction of sp³-hybridized carbons (Fsp3) is 0.917. The zero-order valence-electron chi connectivity index (χ0n) is 11.6. The van der Waals surface area contributed by atoms with Crippen molar-refractivity contribution in [2.45, 2.75) is 26.1 Å². The van der Waals surface area contributed by atoms with Crippen molar-refractivity contribution in [2.75, 3.05) is 39.8 Å². The minimum Gasteiger partial charge on any atom is -0.340 e. The van der Waals surface area contributed by atoms with Crippen LogP contribution < -0.4 is 5.32 Å². The third kappa shape index (κ3) is 4.35. The van der Waals surface area contributed by atoms with Gasteiger partial charge in [0.05, 0.1) is 0 Å². The molecule has 2 atom stereocenters. The first-order valence-corrected chi connectivity index (χ1v) is 6.51. The first-order valence-electron chi connectivity index (χ1n) is 6.51. The maximum Gasteiger partial charge on any atom is 0.403 e. The Morgan fingerprint density at radius 2 is 1.74 bits per heavy atom. The molecular weight excluding hydrogens is 259 g/mol. The summed E-state index contributed by atoms with van der Waals surface area (Å²) in [5.41, 5.74) is 0. The molecule has 0 aromatic heterocycles. The molecule has 1 saturated heterocycles. The number of rotatable bonds is 4. The summed E-state index contributed by atoms with van der Waals surface area (Å²) in [6.45, 7) is 4.86. The Kier molecular flexibility index (Phi) is 5.61. The Balaban J connectivity index is 2.47. The minimum absolute atomic E-state index is 0.00802. The Bertz CT molecular complexity index is 301. The number of nitrogens with zero attached hydrogens (tertiary/aromatic N) is 2. The second-order valence-electron chi connectivity index (χ2n) is 5.04. The summed E-state index contributed by atoms with van der Waals surface area (Å²) >= 11 is 0. The molecule has 1 amide bonds. The van der Waals surface area contributed by atoms with E-state index < -0.39 is 12.2 Å². The summed E-state index contributed by atoms with van der Waals surface area (Å²) in [5.74, 6) is -0.134. The molecule has 1 fully saturated rings. The van der Waals surface area contributed by atoms with Crippen LogP contribution in [0.25, 0.3) is 0 Å². The summed E-state index contributed by atoms with van der Waals surface area (Å²) in [5, 5.41) is 2.93. The first-order chi connectivity index (χ1) is 8.77. The Labute approximate surface area is 111 Å². The average molecular weight is 281 g/mol. The lowest BCUT2D eigenvalue weighted by molar-refractivity contribution is -0.183. The molecule has 1 heterocycles. The van der Waals surface area contributed by atoms with Crippen molar-refractivity contribution < 1.29 is 18.0 Å². The molecule has 7 heteroatoms. The van der Waals surface area contributed by atoms with E-state index in [0.717, 1.165) is 0 Å². The number of piperazine rings is 1. The van der Waals surface area contributed by atoms with Crippen LogP contribution in [0.15, 0.2) is 0 Å². The van der Waals surface area contributed by atoms with Crippen LogP contribution in [-0.2, 0) is 4.79 Å². The third-order valence-corrected chi connectivity index (χ3v) is 3.58. The number of halogens is 3. The lowest BCUT2D eigenvalue weighted by Gasteiger charge is -2.39. The van der Waals surface area contributed by atoms with E-state index >= 15 is 0 Å². The number of hydrogen-bond donors (Lipinski definition) is 1. The van der Waals surface area contributed by atoms with Crippen molar-refractivity contribution in [3.8, 4) is 0 Å². The molecule has 19 heavy (non-hydrogen) atoms. The van der Waals surface area contributed by atoms with Crippen LogP contribution >= 0.6 is 0 Å². The van der Waals surface area contributed by atoms with Crippen LogP contribution in [0.4, 0.5) is 13.2 Å². The Morgan fingerprint density at radius 1 is 1.21 bits per heavy atom. The van der Waals surface area contributed by atoms with Crippen molar-refractivity contribution in [3.05, 3.63) is 0 Å². The van der Waals surface area contributed by atoms with Gasteiger partial charge in [0.2, 0.25) is 5.91 Å². The third-order valence-electron chi connectivity index (χ3n) is 3.58. The fourth-order valence-electron chi connectivity index (χ4n) is 2.24. The molecule has 1 N–H and O–H groups in total. The smallest absolute Gasteiger partial charge is 0.340 e. The van der Waals surface area contributed by atoms with Gasteiger partial charge >= 0.3 is 6.18 Å². The first kappa shape index (κ1) is 16.2. The maximum atomic E-state index is 12.6. The molecule has 0 aliphatic carbocycles. The zero-order valence-corrected chi connectivity index (χ0v) is 11.6. The molecule has 1 aliphatic heterocycles. The van der Waals surface area contributed by atoms with E-state index in [4.69, 9.17) is 0 Å². The normalized spacial score (nSPS) is 21.3. The maximum absolute atomic E-state index is 12.6. The van der Waals surface area contributed by atoms with E-state index in [1.807, 2.05) is 6.92 Å². The van der Waals surface area contributed by atoms with E-state index in [-0.39, 0.29) is 24.9 Å². The predicted octanol–water partition coefficient (Wildman–Crippen LogP) is 0.937. The summed E-state index contributed by atoms with van der Waals surface area (Å²) in [6.07, 6.45) is -4.20. The summed E-state index contributed by atoms with van der Waals surface area (Å²) in [6, 6.07) is -1.44. The van der Waals surface area contributed by atoms with Gasteiger partial charge in [-0.25, -0.2) is 0 Å². The molecule has 0 spiro atoms. The van der Waals surface area contributed by atoms with E-state index in [1.165, 1.54) is 11.8 Å². The minimum atomic E-state index is -4.20. The molecule has 4 nitrogen and oxygen atoms in total. The van der Waals surface area contributed by atoms with Gasteiger partial charge in [-0.05, 0) is 14.0 Å². The van der Waals surface area contributed by atoms with Crippen molar-refractivity contribution in [2.24, 2.45) is 5.92 Å². The molecule has 0 radical (unpaired) electrons. The van der Waals surface area contributed by atoms with Gasteiger partial charge in [0.25, 0.3) is 0 Å². The highest BCUT2D eigenvalue weighted by Gasteiger charge is 2.41. The average Bonchev–Trinajstić information content (AvgIpc) is 2.36. The molecule has 0 saturated carbocycles. The van der Waals surface area contributed by atoms with Crippen molar-refractivity contribution in [1.82, 2.24) is 15.1 Å². The molecule has 112 valence electrons. The van der Waals surface area contributed by atoms with Crippen LogP contribution in [0.2, 0.25) is 0 Å². The topological polar surface area (TPSA) is 35.6 Å². The SMILES string of the molecule is CNCC(C)C(=O)N1CCN(C(C)C(F)(F)F)CC1. The van der Waals surface area contributed by atoms with Gasteiger partial charge in [0, 0.05) is 38.6 Å². The summed E-state index contributed by atoms with van der Waals surface area (Å²) < 4.78 is 37.8. The van der Waals surface area contributed by atoms with Crippen molar-refractivity contribution in [3.63, 3.8) is 0 Å². The molecule has 0 aromatic rings. The number of hydrogen-bond acceptors (Lipinski definition) is 3. The number of carbonyl (C=O) groups excluding carboxylic acids is 1. The molecule has 1 aliphatic rings. The molecule has 1 rings (SSSR count). The number of nitrogens with one attached hydrogen (secondary N) is 1. The van der Waals surface area contributed by atoms with Gasteiger partial charge in [0.1, 0.15) is 6.04 Å². The highest BCUT2D eigenvalue weighted by molar-refractivity contribution is 5.78. The van der Waals surface area contributed by atoms with Crippen molar-refractivity contribution in [1.29, 1.82) is 0 Å². The largest absolute Gasteiger partial charge is 0.403 e. The van der Waals surface area contributed by atoms with E-state index in [9.17, 15) is 18.0 Å². The number of amides is 1. The second-order valence-corrected chi connectivity index (χ2v) is 5.04. The lowest BCUT2D eigenvalue weighted by atomic mass is 10.1. The molecule has 2 unspecified atom stereocenters. The van der Waals surface area contributed by atoms with Gasteiger partial charge in [-0.1, -0.05) is 6.92 Å². The summed E-state index contributed by atoms with van der Waals surface area (Å²) in [7, 11) is 1.77. The predicted molar refractivity (Wildman–Crippen MR) is 66.8 cm³/mol. The lowest BCUT2D eigenvalue weighted by Crippen LogP contribution is -2.55. The zero-order chi connectivity index (χ0) is 14.6. The van der Waals surface area contributed by atoms with Crippen LogP contribution in [0.3, 0.4) is 0 Å². The standard InChI is InChI=1S/C12H22F3N3O/c1-9(8-16-3)11(19)18-6-4-17(5-7-18)10(2)12(13,14)15/h9-10,16H,4-8H2,1-3H3. The molecule has 0 aromatic carbocycles.